The molecular formula is C29H27BrFNO3. The molecule has 0 saturated carbocycles. The van der Waals surface area contributed by atoms with Crippen molar-refractivity contribution in [1.82, 2.24) is 4.90 Å². The van der Waals surface area contributed by atoms with E-state index in [-0.39, 0.29) is 29.1 Å². The Morgan fingerprint density at radius 3 is 2.11 bits per heavy atom. The summed E-state index contributed by atoms with van der Waals surface area (Å²) in [4.78, 5) is 27.9. The molecule has 1 unspecified atom stereocenters. The number of benzene rings is 3. The molecule has 0 radical (unpaired) electrons. The number of hydrogen-bond acceptors (Lipinski definition) is 3. The highest BCUT2D eigenvalue weighted by molar-refractivity contribution is 9.10. The second-order valence-electron chi connectivity index (χ2n) is 9.75. The van der Waals surface area contributed by atoms with Crippen molar-refractivity contribution in [2.75, 3.05) is 6.54 Å². The molecular weight excluding hydrogens is 509 g/mol. The summed E-state index contributed by atoms with van der Waals surface area (Å²) in [7, 11) is 0. The molecule has 1 saturated heterocycles. The van der Waals surface area contributed by atoms with Crippen LogP contribution in [-0.4, -0.2) is 28.2 Å². The molecule has 1 atom stereocenters. The van der Waals surface area contributed by atoms with Gasteiger partial charge in [-0.3, -0.25) is 9.59 Å². The molecule has 6 heteroatoms. The van der Waals surface area contributed by atoms with E-state index in [9.17, 15) is 19.1 Å². The highest BCUT2D eigenvalue weighted by Gasteiger charge is 2.45. The van der Waals surface area contributed by atoms with E-state index in [0.717, 1.165) is 21.2 Å². The number of halogens is 2. The maximum Gasteiger partial charge on any atom is 0.295 e. The number of likely N-dealkylation sites (tertiary alicyclic amines) is 1. The van der Waals surface area contributed by atoms with Gasteiger partial charge in [-0.05, 0) is 52.8 Å². The van der Waals surface area contributed by atoms with Crippen molar-refractivity contribution in [2.24, 2.45) is 0 Å². The number of carbonyl (C=O) groups is 2. The summed E-state index contributed by atoms with van der Waals surface area (Å²) in [5.74, 6) is -1.90. The monoisotopic (exact) mass is 535 g/mol. The molecule has 1 aliphatic rings. The molecule has 0 aliphatic carbocycles. The minimum absolute atomic E-state index is 0.0552. The molecule has 35 heavy (non-hydrogen) atoms. The van der Waals surface area contributed by atoms with Crippen LogP contribution in [0.4, 0.5) is 4.39 Å². The van der Waals surface area contributed by atoms with Crippen LogP contribution < -0.4 is 0 Å². The van der Waals surface area contributed by atoms with Crippen LogP contribution in [-0.2, 0) is 21.4 Å². The Morgan fingerprint density at radius 2 is 1.54 bits per heavy atom. The van der Waals surface area contributed by atoms with Gasteiger partial charge in [0.05, 0.1) is 11.6 Å². The van der Waals surface area contributed by atoms with Gasteiger partial charge in [0, 0.05) is 16.6 Å². The van der Waals surface area contributed by atoms with E-state index in [1.54, 1.807) is 36.4 Å². The Kier molecular flexibility index (Phi) is 6.95. The molecule has 3 aromatic carbocycles. The van der Waals surface area contributed by atoms with Crippen LogP contribution >= 0.6 is 15.9 Å². The second kappa shape index (κ2) is 9.78. The van der Waals surface area contributed by atoms with E-state index in [1.165, 1.54) is 17.0 Å². The standard InChI is InChI=1S/C29H27BrFNO3/c1-29(2,3)21-10-6-19(7-11-21)25-24(26(33)20-8-12-22(30)13-9-20)27(34)28(35)32(25)17-16-18-4-14-23(31)15-5-18/h4-15,25,33H,16-17H2,1-3H3/b26-24-. The summed E-state index contributed by atoms with van der Waals surface area (Å²) in [6, 6.07) is 20.1. The predicted octanol–water partition coefficient (Wildman–Crippen LogP) is 6.55. The fourth-order valence-corrected chi connectivity index (χ4v) is 4.55. The van der Waals surface area contributed by atoms with Gasteiger partial charge in [0.25, 0.3) is 11.7 Å². The number of aliphatic hydroxyl groups is 1. The van der Waals surface area contributed by atoms with Crippen molar-refractivity contribution in [3.63, 3.8) is 0 Å². The van der Waals surface area contributed by atoms with E-state index in [4.69, 9.17) is 0 Å². The zero-order valence-electron chi connectivity index (χ0n) is 19.9. The summed E-state index contributed by atoms with van der Waals surface area (Å²) in [6.07, 6.45) is 0.447. The Bertz CT molecular complexity index is 1270. The first-order chi connectivity index (χ1) is 16.6. The Morgan fingerprint density at radius 1 is 0.943 bits per heavy atom. The highest BCUT2D eigenvalue weighted by Crippen LogP contribution is 2.40. The van der Waals surface area contributed by atoms with Crippen molar-refractivity contribution in [1.29, 1.82) is 0 Å². The molecule has 1 aliphatic heterocycles. The quantitative estimate of drug-likeness (QED) is 0.229. The van der Waals surface area contributed by atoms with Gasteiger partial charge in [-0.25, -0.2) is 4.39 Å². The number of hydrogen-bond donors (Lipinski definition) is 1. The van der Waals surface area contributed by atoms with Gasteiger partial charge < -0.3 is 10.0 Å². The normalized spacial score (nSPS) is 17.7. The lowest BCUT2D eigenvalue weighted by Crippen LogP contribution is -2.31. The number of ketones is 1. The lowest BCUT2D eigenvalue weighted by Gasteiger charge is -2.26. The summed E-state index contributed by atoms with van der Waals surface area (Å²) >= 11 is 3.38. The van der Waals surface area contributed by atoms with Crippen molar-refractivity contribution in [2.45, 2.75) is 38.6 Å². The lowest BCUT2D eigenvalue weighted by atomic mass is 9.85. The van der Waals surface area contributed by atoms with Gasteiger partial charge >= 0.3 is 0 Å². The van der Waals surface area contributed by atoms with E-state index in [1.807, 2.05) is 24.3 Å². The Hall–Kier alpha value is -3.25. The van der Waals surface area contributed by atoms with Crippen LogP contribution in [0, 0.1) is 5.82 Å². The molecule has 4 rings (SSSR count). The number of nitrogens with zero attached hydrogens (tertiary/aromatic N) is 1. The smallest absolute Gasteiger partial charge is 0.295 e. The zero-order valence-corrected chi connectivity index (χ0v) is 21.5. The van der Waals surface area contributed by atoms with Crippen molar-refractivity contribution < 1.29 is 19.1 Å². The highest BCUT2D eigenvalue weighted by atomic mass is 79.9. The van der Waals surface area contributed by atoms with E-state index in [0.29, 0.717) is 12.0 Å². The molecule has 4 nitrogen and oxygen atoms in total. The average molecular weight is 536 g/mol. The third-order valence-corrected chi connectivity index (χ3v) is 6.83. The Labute approximate surface area is 213 Å². The summed E-state index contributed by atoms with van der Waals surface area (Å²) in [5, 5.41) is 11.2. The molecule has 0 aromatic heterocycles. The molecule has 1 amide bonds. The van der Waals surface area contributed by atoms with Crippen LogP contribution in [0.5, 0.6) is 0 Å². The summed E-state index contributed by atoms with van der Waals surface area (Å²) < 4.78 is 14.2. The molecule has 0 spiro atoms. The summed E-state index contributed by atoms with van der Waals surface area (Å²) in [6.45, 7) is 6.60. The molecule has 3 aromatic rings. The largest absolute Gasteiger partial charge is 0.507 e. The van der Waals surface area contributed by atoms with Crippen molar-refractivity contribution in [3.05, 3.63) is 111 Å². The molecule has 0 bridgehead atoms. The SMILES string of the molecule is CC(C)(C)c1ccc(C2/C(=C(/O)c3ccc(Br)cc3)C(=O)C(=O)N2CCc2ccc(F)cc2)cc1. The number of amides is 1. The molecule has 1 N–H and O–H groups in total. The minimum Gasteiger partial charge on any atom is -0.507 e. The van der Waals surface area contributed by atoms with E-state index >= 15 is 0 Å². The fourth-order valence-electron chi connectivity index (χ4n) is 4.29. The third kappa shape index (κ3) is 5.22. The van der Waals surface area contributed by atoms with Crippen molar-refractivity contribution >= 4 is 33.4 Å². The Balaban J connectivity index is 1.77. The maximum atomic E-state index is 13.3. The maximum absolute atomic E-state index is 13.3. The van der Waals surface area contributed by atoms with Gasteiger partial charge in [0.2, 0.25) is 0 Å². The lowest BCUT2D eigenvalue weighted by molar-refractivity contribution is -0.139. The van der Waals surface area contributed by atoms with Gasteiger partial charge in [0.15, 0.2) is 0 Å². The third-order valence-electron chi connectivity index (χ3n) is 6.30. The zero-order chi connectivity index (χ0) is 25.3. The van der Waals surface area contributed by atoms with E-state index < -0.39 is 17.7 Å². The second-order valence-corrected chi connectivity index (χ2v) is 10.7. The summed E-state index contributed by atoms with van der Waals surface area (Å²) in [5.41, 5.74) is 3.19. The topological polar surface area (TPSA) is 57.6 Å². The van der Waals surface area contributed by atoms with Gasteiger partial charge in [0.1, 0.15) is 11.6 Å². The van der Waals surface area contributed by atoms with Crippen molar-refractivity contribution in [3.8, 4) is 0 Å². The number of aliphatic hydroxyl groups excluding tert-OH is 1. The molecule has 1 fully saturated rings. The van der Waals surface area contributed by atoms with E-state index in [2.05, 4.69) is 36.7 Å². The minimum atomic E-state index is -0.729. The van der Waals surface area contributed by atoms with Gasteiger partial charge in [-0.15, -0.1) is 0 Å². The number of Topliss-reactive ketones (excluding diaryl/α,β-unsaturated/α-hetero) is 1. The number of rotatable bonds is 5. The van der Waals surface area contributed by atoms with Crippen LogP contribution in [0.2, 0.25) is 0 Å². The van der Waals surface area contributed by atoms with Crippen LogP contribution in [0.15, 0.2) is 82.8 Å². The fraction of sp³-hybridized carbons (Fsp3) is 0.241. The van der Waals surface area contributed by atoms with Gasteiger partial charge in [-0.1, -0.05) is 85.2 Å². The van der Waals surface area contributed by atoms with Gasteiger partial charge in [-0.2, -0.15) is 0 Å². The average Bonchev–Trinajstić information content (AvgIpc) is 3.08. The first kappa shape index (κ1) is 24.9. The van der Waals surface area contributed by atoms with Crippen LogP contribution in [0.25, 0.3) is 5.76 Å². The first-order valence-corrected chi connectivity index (χ1v) is 12.2. The van der Waals surface area contributed by atoms with Crippen LogP contribution in [0.1, 0.15) is 49.1 Å². The molecule has 1 heterocycles. The predicted molar refractivity (Wildman–Crippen MR) is 138 cm³/mol. The first-order valence-electron chi connectivity index (χ1n) is 11.5. The molecule has 180 valence electrons. The number of carbonyl (C=O) groups excluding carboxylic acids is 2. The van der Waals surface area contributed by atoms with Crippen LogP contribution in [0.3, 0.4) is 0 Å².